The molecule has 11 heteroatoms. The molecular formula is C24H28F3N3O5. The Bertz CT molecular complexity index is 1020. The molecule has 2 aromatic rings. The molecule has 3 rings (SSSR count). The molecule has 1 aliphatic heterocycles. The van der Waals surface area contributed by atoms with Gasteiger partial charge < -0.3 is 25.0 Å². The van der Waals surface area contributed by atoms with Crippen molar-refractivity contribution in [2.75, 3.05) is 39.8 Å². The van der Waals surface area contributed by atoms with E-state index in [1.807, 2.05) is 54.3 Å². The number of carboxylic acids is 1. The van der Waals surface area contributed by atoms with Gasteiger partial charge in [0.1, 0.15) is 12.3 Å². The van der Waals surface area contributed by atoms with Crippen LogP contribution in [0.25, 0.3) is 0 Å². The van der Waals surface area contributed by atoms with Gasteiger partial charge in [0.05, 0.1) is 7.11 Å². The Labute approximate surface area is 201 Å². The van der Waals surface area contributed by atoms with E-state index in [0.29, 0.717) is 25.2 Å². The van der Waals surface area contributed by atoms with Gasteiger partial charge in [0.2, 0.25) is 5.91 Å². The number of nitrogens with one attached hydrogen (secondary N) is 1. The number of amides is 2. The summed E-state index contributed by atoms with van der Waals surface area (Å²) in [7, 11) is 1.61. The van der Waals surface area contributed by atoms with Crippen molar-refractivity contribution >= 4 is 17.8 Å². The highest BCUT2D eigenvalue weighted by molar-refractivity contribution is 5.96. The van der Waals surface area contributed by atoms with E-state index < -0.39 is 12.1 Å². The zero-order chi connectivity index (χ0) is 26.0. The second-order valence-electron chi connectivity index (χ2n) is 7.82. The van der Waals surface area contributed by atoms with Gasteiger partial charge in [-0.15, -0.1) is 0 Å². The normalized spacial score (nSPS) is 13.3. The van der Waals surface area contributed by atoms with Crippen molar-refractivity contribution < 1.29 is 37.4 Å². The molecule has 0 aliphatic carbocycles. The van der Waals surface area contributed by atoms with Crippen LogP contribution in [0.5, 0.6) is 5.75 Å². The number of benzene rings is 2. The molecule has 1 aliphatic rings. The van der Waals surface area contributed by atoms with Crippen LogP contribution >= 0.6 is 0 Å². The van der Waals surface area contributed by atoms with Crippen molar-refractivity contribution in [1.29, 1.82) is 0 Å². The fourth-order valence-electron chi connectivity index (χ4n) is 3.33. The van der Waals surface area contributed by atoms with Gasteiger partial charge in [0.25, 0.3) is 5.91 Å². The molecule has 2 N–H and O–H groups in total. The van der Waals surface area contributed by atoms with E-state index in [4.69, 9.17) is 14.6 Å². The molecule has 0 bridgehead atoms. The fraction of sp³-hybridized carbons (Fsp3) is 0.375. The molecular weight excluding hydrogens is 467 g/mol. The average molecular weight is 495 g/mol. The molecule has 0 aromatic heterocycles. The van der Waals surface area contributed by atoms with E-state index in [1.54, 1.807) is 18.1 Å². The predicted octanol–water partition coefficient (Wildman–Crippen LogP) is 2.71. The van der Waals surface area contributed by atoms with Crippen LogP contribution in [0.1, 0.15) is 21.5 Å². The largest absolute Gasteiger partial charge is 0.497 e. The Morgan fingerprint density at radius 2 is 1.71 bits per heavy atom. The minimum absolute atomic E-state index is 0.0228. The molecule has 0 spiro atoms. The number of ether oxygens (including phenoxy) is 1. The zero-order valence-electron chi connectivity index (χ0n) is 19.5. The molecule has 1 saturated heterocycles. The van der Waals surface area contributed by atoms with Crippen LogP contribution in [0.15, 0.2) is 48.5 Å². The highest BCUT2D eigenvalue weighted by atomic mass is 19.4. The molecule has 0 radical (unpaired) electrons. The summed E-state index contributed by atoms with van der Waals surface area (Å²) in [5.74, 6) is -2.19. The third-order valence-corrected chi connectivity index (χ3v) is 5.10. The second kappa shape index (κ2) is 12.7. The van der Waals surface area contributed by atoms with E-state index in [9.17, 15) is 22.8 Å². The molecule has 0 atom stereocenters. The van der Waals surface area contributed by atoms with Crippen LogP contribution in [-0.2, 0) is 16.1 Å². The summed E-state index contributed by atoms with van der Waals surface area (Å²) < 4.78 is 37.0. The molecule has 8 nitrogen and oxygen atoms in total. The van der Waals surface area contributed by atoms with Crippen LogP contribution < -0.4 is 10.1 Å². The van der Waals surface area contributed by atoms with Crippen molar-refractivity contribution in [2.45, 2.75) is 19.6 Å². The third kappa shape index (κ3) is 8.93. The van der Waals surface area contributed by atoms with Crippen LogP contribution in [-0.4, -0.2) is 78.7 Å². The maximum absolute atomic E-state index is 13.2. The van der Waals surface area contributed by atoms with Crippen molar-refractivity contribution in [1.82, 2.24) is 15.1 Å². The number of carbonyl (C=O) groups is 3. The lowest BCUT2D eigenvalue weighted by molar-refractivity contribution is -0.192. The topological polar surface area (TPSA) is 99.2 Å². The van der Waals surface area contributed by atoms with Gasteiger partial charge in [0.15, 0.2) is 0 Å². The molecule has 35 heavy (non-hydrogen) atoms. The fourth-order valence-corrected chi connectivity index (χ4v) is 3.33. The standard InChI is InChI=1S/C22H27N3O3.C2HF3O2/c1-17-5-3-7-19(13-17)22(27)25(15-18-6-4-8-20(14-18)28-2)16-21(26)24-11-9-23-10-12-24;3-2(4,5)1(6)7/h3-8,13-14,23H,9-12,15-16H2,1-2H3;(H,6,7). The minimum atomic E-state index is -5.08. The number of hydrogen-bond donors (Lipinski definition) is 2. The zero-order valence-corrected chi connectivity index (χ0v) is 19.5. The summed E-state index contributed by atoms with van der Waals surface area (Å²) in [4.78, 5) is 38.3. The van der Waals surface area contributed by atoms with Crippen LogP contribution in [0.4, 0.5) is 13.2 Å². The summed E-state index contributed by atoms with van der Waals surface area (Å²) >= 11 is 0. The number of alkyl halides is 3. The van der Waals surface area contributed by atoms with E-state index in [-0.39, 0.29) is 18.4 Å². The summed E-state index contributed by atoms with van der Waals surface area (Å²) in [6.07, 6.45) is -5.08. The summed E-state index contributed by atoms with van der Waals surface area (Å²) in [5, 5.41) is 10.4. The SMILES string of the molecule is COc1cccc(CN(CC(=O)N2CCNCC2)C(=O)c2cccc(C)c2)c1.O=C(O)C(F)(F)F. The first-order valence-corrected chi connectivity index (χ1v) is 10.8. The van der Waals surface area contributed by atoms with E-state index in [1.165, 1.54) is 0 Å². The van der Waals surface area contributed by atoms with E-state index in [2.05, 4.69) is 5.32 Å². The number of carbonyl (C=O) groups excluding carboxylic acids is 2. The number of rotatable bonds is 6. The lowest BCUT2D eigenvalue weighted by Crippen LogP contribution is -2.50. The Morgan fingerprint density at radius 3 is 2.29 bits per heavy atom. The third-order valence-electron chi connectivity index (χ3n) is 5.10. The first-order valence-electron chi connectivity index (χ1n) is 10.8. The molecule has 2 aromatic carbocycles. The predicted molar refractivity (Wildman–Crippen MR) is 122 cm³/mol. The van der Waals surface area contributed by atoms with Gasteiger partial charge >= 0.3 is 12.1 Å². The Kier molecular flexibility index (Phi) is 10.1. The minimum Gasteiger partial charge on any atom is -0.497 e. The Morgan fingerprint density at radius 1 is 1.09 bits per heavy atom. The van der Waals surface area contributed by atoms with Gasteiger partial charge in [0, 0.05) is 38.3 Å². The number of aryl methyl sites for hydroxylation is 1. The van der Waals surface area contributed by atoms with Crippen LogP contribution in [0, 0.1) is 6.92 Å². The number of nitrogens with zero attached hydrogens (tertiary/aromatic N) is 2. The van der Waals surface area contributed by atoms with E-state index >= 15 is 0 Å². The first-order chi connectivity index (χ1) is 16.5. The van der Waals surface area contributed by atoms with Gasteiger partial charge in [-0.1, -0.05) is 29.8 Å². The smallest absolute Gasteiger partial charge is 0.490 e. The quantitative estimate of drug-likeness (QED) is 0.640. The van der Waals surface area contributed by atoms with Crippen molar-refractivity contribution in [2.24, 2.45) is 0 Å². The molecule has 2 amide bonds. The molecule has 0 unspecified atom stereocenters. The maximum Gasteiger partial charge on any atom is 0.490 e. The number of carboxylic acid groups (broad SMARTS) is 1. The van der Waals surface area contributed by atoms with Gasteiger partial charge in [-0.3, -0.25) is 9.59 Å². The Hall–Kier alpha value is -3.60. The monoisotopic (exact) mass is 495 g/mol. The number of methoxy groups -OCH3 is 1. The van der Waals surface area contributed by atoms with Crippen molar-refractivity contribution in [3.05, 3.63) is 65.2 Å². The van der Waals surface area contributed by atoms with Crippen molar-refractivity contribution in [3.63, 3.8) is 0 Å². The number of aliphatic carboxylic acids is 1. The number of piperazine rings is 1. The lowest BCUT2D eigenvalue weighted by atomic mass is 10.1. The van der Waals surface area contributed by atoms with Crippen LogP contribution in [0.2, 0.25) is 0 Å². The molecule has 190 valence electrons. The molecule has 0 saturated carbocycles. The van der Waals surface area contributed by atoms with Gasteiger partial charge in [-0.2, -0.15) is 13.2 Å². The second-order valence-corrected chi connectivity index (χ2v) is 7.82. The van der Waals surface area contributed by atoms with Crippen molar-refractivity contribution in [3.8, 4) is 5.75 Å². The maximum atomic E-state index is 13.2. The Balaban J connectivity index is 0.000000540. The van der Waals surface area contributed by atoms with Gasteiger partial charge in [-0.25, -0.2) is 4.79 Å². The summed E-state index contributed by atoms with van der Waals surface area (Å²) in [5.41, 5.74) is 2.53. The van der Waals surface area contributed by atoms with Gasteiger partial charge in [-0.05, 0) is 36.8 Å². The number of hydrogen-bond acceptors (Lipinski definition) is 5. The summed E-state index contributed by atoms with van der Waals surface area (Å²) in [6, 6.07) is 15.1. The number of halogens is 3. The van der Waals surface area contributed by atoms with Crippen LogP contribution in [0.3, 0.4) is 0 Å². The lowest BCUT2D eigenvalue weighted by Gasteiger charge is -2.30. The highest BCUT2D eigenvalue weighted by Crippen LogP contribution is 2.17. The van der Waals surface area contributed by atoms with E-state index in [0.717, 1.165) is 30.0 Å². The molecule has 1 fully saturated rings. The highest BCUT2D eigenvalue weighted by Gasteiger charge is 2.38. The summed E-state index contributed by atoms with van der Waals surface area (Å²) in [6.45, 7) is 5.27. The average Bonchev–Trinajstić information content (AvgIpc) is 2.83. The molecule has 1 heterocycles. The first kappa shape index (κ1) is 27.6.